The molecule has 7 nitrogen and oxygen atoms in total. The zero-order valence-corrected chi connectivity index (χ0v) is 15.9. The lowest BCUT2D eigenvalue weighted by Gasteiger charge is -2.07. The highest BCUT2D eigenvalue weighted by atomic mass is 32.1. The normalized spacial score (nSPS) is 10.7. The Morgan fingerprint density at radius 2 is 1.90 bits per heavy atom. The van der Waals surface area contributed by atoms with Crippen molar-refractivity contribution in [3.63, 3.8) is 0 Å². The number of nitrogens with one attached hydrogen (secondary N) is 2. The first kappa shape index (κ1) is 19.4. The molecular formula is C20H12F2N4O3S. The molecule has 10 heteroatoms. The fraction of sp³-hybridized carbons (Fsp3) is 0. The molecule has 0 aliphatic heterocycles. The van der Waals surface area contributed by atoms with Crippen molar-refractivity contribution < 1.29 is 13.6 Å². The number of nitrogens with zero attached hydrogens (tertiary/aromatic N) is 2. The van der Waals surface area contributed by atoms with Crippen LogP contribution >= 0.6 is 11.3 Å². The van der Waals surface area contributed by atoms with Crippen LogP contribution in [0, 0.1) is 11.6 Å². The van der Waals surface area contributed by atoms with Gasteiger partial charge in [0.15, 0.2) is 5.13 Å². The highest BCUT2D eigenvalue weighted by Gasteiger charge is 2.14. The number of thiazole rings is 1. The second-order valence-electron chi connectivity index (χ2n) is 6.15. The van der Waals surface area contributed by atoms with Crippen LogP contribution in [0.5, 0.6) is 0 Å². The molecule has 0 bridgehead atoms. The van der Waals surface area contributed by atoms with Crippen LogP contribution in [-0.4, -0.2) is 20.7 Å². The van der Waals surface area contributed by atoms with Gasteiger partial charge in [-0.3, -0.25) is 24.8 Å². The maximum atomic E-state index is 13.9. The van der Waals surface area contributed by atoms with Gasteiger partial charge in [-0.25, -0.2) is 18.4 Å². The molecule has 2 aromatic heterocycles. The number of hydrogen-bond acceptors (Lipinski definition) is 5. The van der Waals surface area contributed by atoms with E-state index in [2.05, 4.69) is 15.4 Å². The average Bonchev–Trinajstić information content (AvgIpc) is 3.20. The van der Waals surface area contributed by atoms with E-state index < -0.39 is 28.7 Å². The lowest BCUT2D eigenvalue weighted by molar-refractivity contribution is 0.102. The van der Waals surface area contributed by atoms with E-state index in [1.807, 2.05) is 0 Å². The van der Waals surface area contributed by atoms with E-state index >= 15 is 0 Å². The Bertz CT molecular complexity index is 1380. The summed E-state index contributed by atoms with van der Waals surface area (Å²) in [7, 11) is 0. The molecule has 1 amide bonds. The number of aromatic nitrogens is 3. The molecule has 0 aliphatic rings. The summed E-state index contributed by atoms with van der Waals surface area (Å²) in [6, 6.07) is 11.3. The van der Waals surface area contributed by atoms with Crippen LogP contribution in [-0.2, 0) is 0 Å². The smallest absolute Gasteiger partial charge is 0.269 e. The molecule has 4 rings (SSSR count). The van der Waals surface area contributed by atoms with E-state index in [4.69, 9.17) is 0 Å². The van der Waals surface area contributed by atoms with Crippen molar-refractivity contribution in [3.05, 3.63) is 97.9 Å². The maximum Gasteiger partial charge on any atom is 0.269 e. The minimum Gasteiger partial charge on any atom is -0.298 e. The van der Waals surface area contributed by atoms with Crippen LogP contribution in [0.15, 0.2) is 69.6 Å². The molecule has 4 aromatic rings. The summed E-state index contributed by atoms with van der Waals surface area (Å²) in [5.41, 5.74) is -0.251. The lowest BCUT2D eigenvalue weighted by Crippen LogP contribution is -2.26. The summed E-state index contributed by atoms with van der Waals surface area (Å²) in [4.78, 5) is 40.2. The number of carbonyl (C=O) groups is 1. The first-order valence-corrected chi connectivity index (χ1v) is 9.44. The van der Waals surface area contributed by atoms with Crippen molar-refractivity contribution in [2.24, 2.45) is 0 Å². The molecule has 30 heavy (non-hydrogen) atoms. The van der Waals surface area contributed by atoms with Crippen LogP contribution in [0.2, 0.25) is 0 Å². The second kappa shape index (κ2) is 7.84. The van der Waals surface area contributed by atoms with E-state index in [9.17, 15) is 23.2 Å². The topological polar surface area (TPSA) is 96.8 Å². The minimum atomic E-state index is -0.630. The number of aromatic amines is 1. The average molecular weight is 426 g/mol. The molecule has 0 saturated heterocycles. The molecule has 0 spiro atoms. The van der Waals surface area contributed by atoms with Gasteiger partial charge in [0.25, 0.3) is 17.0 Å². The van der Waals surface area contributed by atoms with Crippen LogP contribution in [0.25, 0.3) is 16.9 Å². The molecule has 0 radical (unpaired) electrons. The zero-order valence-electron chi connectivity index (χ0n) is 15.1. The maximum absolute atomic E-state index is 13.9. The molecule has 0 saturated carbocycles. The molecule has 2 N–H and O–H groups in total. The summed E-state index contributed by atoms with van der Waals surface area (Å²) in [5.74, 6) is -1.76. The number of anilines is 1. The standard InChI is InChI=1S/C20H12F2N4O3S/c21-12-4-5-15(22)14(9-12)16-10-30-20(23-16)24-19(29)11-2-1-3-13(8-11)26-18(28)7-6-17(27)25-26/h1-10H,(H,25,27)(H,23,24,29). The zero-order chi connectivity index (χ0) is 21.3. The van der Waals surface area contributed by atoms with Gasteiger partial charge in [-0.05, 0) is 36.4 Å². The molecule has 0 atom stereocenters. The second-order valence-corrected chi connectivity index (χ2v) is 7.01. The van der Waals surface area contributed by atoms with Crippen molar-refractivity contribution in [1.29, 1.82) is 0 Å². The number of amides is 1. The summed E-state index contributed by atoms with van der Waals surface area (Å²) in [5, 5.41) is 6.65. The molecular weight excluding hydrogens is 414 g/mol. The van der Waals surface area contributed by atoms with Gasteiger partial charge in [0.1, 0.15) is 11.6 Å². The highest BCUT2D eigenvalue weighted by Crippen LogP contribution is 2.28. The third kappa shape index (κ3) is 3.94. The van der Waals surface area contributed by atoms with Gasteiger partial charge in [0, 0.05) is 28.6 Å². The number of hydrogen-bond donors (Lipinski definition) is 2. The van der Waals surface area contributed by atoms with E-state index in [0.717, 1.165) is 46.4 Å². The van der Waals surface area contributed by atoms with Crippen LogP contribution in [0.4, 0.5) is 13.9 Å². The summed E-state index contributed by atoms with van der Waals surface area (Å²) in [6.07, 6.45) is 0. The minimum absolute atomic E-state index is 0.0128. The first-order chi connectivity index (χ1) is 14.4. The van der Waals surface area contributed by atoms with Crippen molar-refractivity contribution in [1.82, 2.24) is 14.8 Å². The highest BCUT2D eigenvalue weighted by molar-refractivity contribution is 7.14. The Morgan fingerprint density at radius 3 is 2.73 bits per heavy atom. The molecule has 0 fully saturated rings. The van der Waals surface area contributed by atoms with Crippen LogP contribution in [0.3, 0.4) is 0 Å². The van der Waals surface area contributed by atoms with Crippen LogP contribution < -0.4 is 16.4 Å². The van der Waals surface area contributed by atoms with Gasteiger partial charge in [-0.2, -0.15) is 0 Å². The van der Waals surface area contributed by atoms with Crippen molar-refractivity contribution >= 4 is 22.4 Å². The number of benzene rings is 2. The number of H-pyrrole nitrogens is 1. The lowest BCUT2D eigenvalue weighted by atomic mass is 10.1. The van der Waals surface area contributed by atoms with Crippen molar-refractivity contribution in [2.45, 2.75) is 0 Å². The Kier molecular flexibility index (Phi) is 5.07. The third-order valence-electron chi connectivity index (χ3n) is 4.12. The Balaban J connectivity index is 1.59. The van der Waals surface area contributed by atoms with E-state index in [-0.39, 0.29) is 22.0 Å². The monoisotopic (exact) mass is 426 g/mol. The summed E-state index contributed by atoms with van der Waals surface area (Å²) in [6.45, 7) is 0. The van der Waals surface area contributed by atoms with Gasteiger partial charge in [0.05, 0.1) is 11.4 Å². The largest absolute Gasteiger partial charge is 0.298 e. The quantitative estimate of drug-likeness (QED) is 0.524. The summed E-state index contributed by atoms with van der Waals surface area (Å²) >= 11 is 1.05. The molecule has 150 valence electrons. The molecule has 0 unspecified atom stereocenters. The Hall–Kier alpha value is -3.92. The van der Waals surface area contributed by atoms with Gasteiger partial charge in [-0.1, -0.05) is 6.07 Å². The van der Waals surface area contributed by atoms with Crippen LogP contribution in [0.1, 0.15) is 10.4 Å². The number of halogens is 2. The van der Waals surface area contributed by atoms with Crippen molar-refractivity contribution in [2.75, 3.05) is 5.32 Å². The van der Waals surface area contributed by atoms with Gasteiger partial charge in [0.2, 0.25) is 0 Å². The van der Waals surface area contributed by atoms with Gasteiger partial charge >= 0.3 is 0 Å². The van der Waals surface area contributed by atoms with E-state index in [1.165, 1.54) is 17.5 Å². The molecule has 2 aromatic carbocycles. The van der Waals surface area contributed by atoms with E-state index in [0.29, 0.717) is 5.69 Å². The van der Waals surface area contributed by atoms with E-state index in [1.54, 1.807) is 12.1 Å². The Labute approximate surface area is 171 Å². The molecule has 0 aliphatic carbocycles. The fourth-order valence-corrected chi connectivity index (χ4v) is 3.43. The third-order valence-corrected chi connectivity index (χ3v) is 4.87. The predicted octanol–water partition coefficient (Wildman–Crippen LogP) is 3.18. The predicted molar refractivity (Wildman–Crippen MR) is 108 cm³/mol. The number of rotatable bonds is 4. The molecule has 2 heterocycles. The SMILES string of the molecule is O=C(Nc1nc(-c2cc(F)ccc2F)cs1)c1cccc(-n2[nH]c(=O)ccc2=O)c1. The van der Waals surface area contributed by atoms with Gasteiger partial charge < -0.3 is 0 Å². The van der Waals surface area contributed by atoms with Crippen molar-refractivity contribution in [3.8, 4) is 16.9 Å². The Morgan fingerprint density at radius 1 is 1.07 bits per heavy atom. The summed E-state index contributed by atoms with van der Waals surface area (Å²) < 4.78 is 28.3. The fourth-order valence-electron chi connectivity index (χ4n) is 2.72. The van der Waals surface area contributed by atoms with Gasteiger partial charge in [-0.15, -0.1) is 11.3 Å². The first-order valence-electron chi connectivity index (χ1n) is 8.56. The number of carbonyl (C=O) groups excluding carboxylic acids is 1.